The number of benzene rings is 2. The van der Waals surface area contributed by atoms with E-state index in [4.69, 9.17) is 10.00 Å². The Kier molecular flexibility index (Phi) is 6.03. The van der Waals surface area contributed by atoms with E-state index in [0.29, 0.717) is 5.69 Å². The van der Waals surface area contributed by atoms with Gasteiger partial charge in [0.2, 0.25) is 0 Å². The van der Waals surface area contributed by atoms with Crippen molar-refractivity contribution in [2.45, 2.75) is 6.42 Å². The van der Waals surface area contributed by atoms with Gasteiger partial charge in [-0.2, -0.15) is 5.26 Å². The molecule has 0 atom stereocenters. The molecule has 5 nitrogen and oxygen atoms in total. The molecule has 0 bridgehead atoms. The molecule has 0 spiro atoms. The summed E-state index contributed by atoms with van der Waals surface area (Å²) in [4.78, 5) is 25.6. The number of anilines is 1. The standard InChI is InChI=1S/C18H15FN2O3/c19-15-9-7-14(8-10-15)18(23)24-13-17(22)21(12-4-11-20)16-5-2-1-3-6-16/h1-3,5-10H,4,12-13H2. The number of carbonyl (C=O) groups excluding carboxylic acids is 2. The molecule has 0 unspecified atom stereocenters. The van der Waals surface area contributed by atoms with Crippen molar-refractivity contribution < 1.29 is 18.7 Å². The molecule has 24 heavy (non-hydrogen) atoms. The second kappa shape index (κ2) is 8.44. The van der Waals surface area contributed by atoms with Crippen molar-refractivity contribution in [3.05, 3.63) is 66.0 Å². The summed E-state index contributed by atoms with van der Waals surface area (Å²) in [6.07, 6.45) is 0.159. The molecule has 0 N–H and O–H groups in total. The fourth-order valence-corrected chi connectivity index (χ4v) is 2.04. The van der Waals surface area contributed by atoms with Crippen LogP contribution in [-0.4, -0.2) is 25.0 Å². The first-order valence-corrected chi connectivity index (χ1v) is 7.27. The van der Waals surface area contributed by atoms with Gasteiger partial charge in [0, 0.05) is 12.2 Å². The smallest absolute Gasteiger partial charge is 0.338 e. The summed E-state index contributed by atoms with van der Waals surface area (Å²) in [6, 6.07) is 15.6. The van der Waals surface area contributed by atoms with Crippen LogP contribution in [0, 0.1) is 17.1 Å². The second-order valence-corrected chi connectivity index (χ2v) is 4.87. The van der Waals surface area contributed by atoms with E-state index in [9.17, 15) is 14.0 Å². The molecule has 0 saturated carbocycles. The fourth-order valence-electron chi connectivity index (χ4n) is 2.04. The van der Waals surface area contributed by atoms with Gasteiger partial charge in [-0.05, 0) is 36.4 Å². The molecule has 0 aliphatic carbocycles. The first kappa shape index (κ1) is 17.2. The molecule has 0 aliphatic rings. The average Bonchev–Trinajstić information content (AvgIpc) is 2.61. The van der Waals surface area contributed by atoms with Crippen LogP contribution in [0.25, 0.3) is 0 Å². The molecule has 0 radical (unpaired) electrons. The zero-order valence-corrected chi connectivity index (χ0v) is 12.8. The van der Waals surface area contributed by atoms with Crippen LogP contribution in [0.3, 0.4) is 0 Å². The van der Waals surface area contributed by atoms with Crippen LogP contribution in [0.15, 0.2) is 54.6 Å². The number of carbonyl (C=O) groups is 2. The Hall–Kier alpha value is -3.20. The van der Waals surface area contributed by atoms with E-state index in [2.05, 4.69) is 0 Å². The third-order valence-corrected chi connectivity index (χ3v) is 3.22. The Morgan fingerprint density at radius 1 is 1.08 bits per heavy atom. The predicted molar refractivity (Wildman–Crippen MR) is 85.7 cm³/mol. The van der Waals surface area contributed by atoms with Gasteiger partial charge in [0.25, 0.3) is 5.91 Å². The normalized spacial score (nSPS) is 9.83. The summed E-state index contributed by atoms with van der Waals surface area (Å²) in [5.74, 6) is -1.61. The van der Waals surface area contributed by atoms with Crippen LogP contribution >= 0.6 is 0 Å². The fraction of sp³-hybridized carbons (Fsp3) is 0.167. The quantitative estimate of drug-likeness (QED) is 0.765. The lowest BCUT2D eigenvalue weighted by molar-refractivity contribution is -0.121. The van der Waals surface area contributed by atoms with E-state index in [-0.39, 0.29) is 18.5 Å². The molecule has 122 valence electrons. The monoisotopic (exact) mass is 326 g/mol. The number of nitrogens with zero attached hydrogens (tertiary/aromatic N) is 2. The van der Waals surface area contributed by atoms with Gasteiger partial charge in [0.1, 0.15) is 5.82 Å². The number of halogens is 1. The summed E-state index contributed by atoms with van der Waals surface area (Å²) in [5.41, 5.74) is 0.781. The summed E-state index contributed by atoms with van der Waals surface area (Å²) >= 11 is 0. The van der Waals surface area contributed by atoms with Crippen molar-refractivity contribution in [3.8, 4) is 6.07 Å². The minimum atomic E-state index is -0.711. The van der Waals surface area contributed by atoms with E-state index in [1.54, 1.807) is 24.3 Å². The molecule has 0 aliphatic heterocycles. The van der Waals surface area contributed by atoms with Crippen molar-refractivity contribution in [2.24, 2.45) is 0 Å². The summed E-state index contributed by atoms with van der Waals surface area (Å²) in [7, 11) is 0. The predicted octanol–water partition coefficient (Wildman–Crippen LogP) is 2.93. The van der Waals surface area contributed by atoms with Crippen LogP contribution in [-0.2, 0) is 9.53 Å². The van der Waals surface area contributed by atoms with E-state index in [1.165, 1.54) is 17.0 Å². The van der Waals surface area contributed by atoms with Crippen molar-refractivity contribution in [2.75, 3.05) is 18.1 Å². The lowest BCUT2D eigenvalue weighted by Crippen LogP contribution is -2.35. The number of hydrogen-bond donors (Lipinski definition) is 0. The summed E-state index contributed by atoms with van der Waals surface area (Å²) in [5, 5.41) is 8.73. The first-order valence-electron chi connectivity index (χ1n) is 7.27. The molecular formula is C18H15FN2O3. The van der Waals surface area contributed by atoms with Crippen LogP contribution < -0.4 is 4.90 Å². The molecule has 2 aromatic carbocycles. The Balaban J connectivity index is 2.01. The number of ether oxygens (including phenoxy) is 1. The zero-order chi connectivity index (χ0) is 17.4. The van der Waals surface area contributed by atoms with Crippen LogP contribution in [0.1, 0.15) is 16.8 Å². The highest BCUT2D eigenvalue weighted by atomic mass is 19.1. The van der Waals surface area contributed by atoms with Crippen molar-refractivity contribution in [1.29, 1.82) is 5.26 Å². The van der Waals surface area contributed by atoms with Gasteiger partial charge in [-0.3, -0.25) is 4.79 Å². The Morgan fingerprint density at radius 2 is 1.75 bits per heavy atom. The van der Waals surface area contributed by atoms with Gasteiger partial charge in [-0.1, -0.05) is 18.2 Å². The number of nitriles is 1. The van der Waals surface area contributed by atoms with Crippen LogP contribution in [0.4, 0.5) is 10.1 Å². The minimum absolute atomic E-state index is 0.159. The van der Waals surface area contributed by atoms with E-state index >= 15 is 0 Å². The Morgan fingerprint density at radius 3 is 2.38 bits per heavy atom. The van der Waals surface area contributed by atoms with Crippen LogP contribution in [0.2, 0.25) is 0 Å². The van der Waals surface area contributed by atoms with Crippen molar-refractivity contribution in [1.82, 2.24) is 0 Å². The second-order valence-electron chi connectivity index (χ2n) is 4.87. The molecule has 2 aromatic rings. The van der Waals surface area contributed by atoms with Gasteiger partial charge >= 0.3 is 5.97 Å². The van der Waals surface area contributed by atoms with E-state index in [0.717, 1.165) is 12.1 Å². The summed E-state index contributed by atoms with van der Waals surface area (Å²) in [6.45, 7) is -0.260. The maximum Gasteiger partial charge on any atom is 0.338 e. The molecular weight excluding hydrogens is 311 g/mol. The van der Waals surface area contributed by atoms with Gasteiger partial charge < -0.3 is 9.64 Å². The number of hydrogen-bond acceptors (Lipinski definition) is 4. The largest absolute Gasteiger partial charge is 0.452 e. The van der Waals surface area contributed by atoms with Crippen LogP contribution in [0.5, 0.6) is 0 Å². The van der Waals surface area contributed by atoms with Crippen molar-refractivity contribution >= 4 is 17.6 Å². The molecule has 2 rings (SSSR count). The molecule has 0 fully saturated rings. The molecule has 0 saturated heterocycles. The SMILES string of the molecule is N#CCCN(C(=O)COC(=O)c1ccc(F)cc1)c1ccccc1. The highest BCUT2D eigenvalue weighted by Crippen LogP contribution is 2.14. The van der Waals surface area contributed by atoms with Gasteiger partial charge in [0.05, 0.1) is 18.1 Å². The minimum Gasteiger partial charge on any atom is -0.452 e. The third kappa shape index (κ3) is 4.65. The number of amides is 1. The first-order chi connectivity index (χ1) is 11.6. The molecule has 1 amide bonds. The van der Waals surface area contributed by atoms with E-state index < -0.39 is 24.3 Å². The number of para-hydroxylation sites is 1. The highest BCUT2D eigenvalue weighted by molar-refractivity contribution is 5.97. The maximum absolute atomic E-state index is 12.8. The van der Waals surface area contributed by atoms with Gasteiger partial charge in [-0.25, -0.2) is 9.18 Å². The van der Waals surface area contributed by atoms with Gasteiger partial charge in [-0.15, -0.1) is 0 Å². The molecule has 0 aromatic heterocycles. The lowest BCUT2D eigenvalue weighted by atomic mass is 10.2. The Bertz CT molecular complexity index is 739. The van der Waals surface area contributed by atoms with Gasteiger partial charge in [0.15, 0.2) is 6.61 Å². The third-order valence-electron chi connectivity index (χ3n) is 3.22. The summed E-state index contributed by atoms with van der Waals surface area (Å²) < 4.78 is 17.8. The van der Waals surface area contributed by atoms with E-state index in [1.807, 2.05) is 12.1 Å². The van der Waals surface area contributed by atoms with Crippen molar-refractivity contribution in [3.63, 3.8) is 0 Å². The molecule has 0 heterocycles. The number of esters is 1. The molecule has 6 heteroatoms. The topological polar surface area (TPSA) is 70.4 Å². The zero-order valence-electron chi connectivity index (χ0n) is 12.8. The lowest BCUT2D eigenvalue weighted by Gasteiger charge is -2.21. The maximum atomic E-state index is 12.8. The Labute approximate surface area is 138 Å². The number of rotatable bonds is 6. The highest BCUT2D eigenvalue weighted by Gasteiger charge is 2.18. The average molecular weight is 326 g/mol.